The van der Waals surface area contributed by atoms with Crippen molar-refractivity contribution in [1.29, 1.82) is 0 Å². The van der Waals surface area contributed by atoms with Crippen molar-refractivity contribution in [1.82, 2.24) is 19.8 Å². The first-order valence-corrected chi connectivity index (χ1v) is 11.2. The highest BCUT2D eigenvalue weighted by Gasteiger charge is 2.32. The summed E-state index contributed by atoms with van der Waals surface area (Å²) in [5.74, 6) is -0.164. The molecule has 0 N–H and O–H groups in total. The molecule has 2 amide bonds. The number of halogens is 1. The van der Waals surface area contributed by atoms with Crippen LogP contribution in [0.4, 0.5) is 4.39 Å². The minimum absolute atomic E-state index is 0.0165. The minimum Gasteiger partial charge on any atom is -0.484 e. The van der Waals surface area contributed by atoms with Crippen molar-refractivity contribution in [2.75, 3.05) is 26.2 Å². The highest BCUT2D eigenvalue weighted by atomic mass is 32.1. The Morgan fingerprint density at radius 3 is 2.59 bits per heavy atom. The predicted molar refractivity (Wildman–Crippen MR) is 119 cm³/mol. The van der Waals surface area contributed by atoms with Gasteiger partial charge in [-0.3, -0.25) is 14.6 Å². The van der Waals surface area contributed by atoms with Gasteiger partial charge in [0.15, 0.2) is 6.61 Å². The molecule has 3 heterocycles. The molecule has 1 aliphatic rings. The molecule has 9 heteroatoms. The molecule has 1 saturated heterocycles. The number of thiazole rings is 1. The number of amides is 2. The molecule has 1 atom stereocenters. The molecule has 0 bridgehead atoms. The van der Waals surface area contributed by atoms with E-state index in [0.29, 0.717) is 31.8 Å². The second kappa shape index (κ2) is 9.86. The van der Waals surface area contributed by atoms with Crippen LogP contribution in [0, 0.1) is 5.82 Å². The van der Waals surface area contributed by atoms with Gasteiger partial charge >= 0.3 is 0 Å². The van der Waals surface area contributed by atoms with E-state index < -0.39 is 0 Å². The van der Waals surface area contributed by atoms with E-state index in [1.165, 1.54) is 42.5 Å². The third-order valence-electron chi connectivity index (χ3n) is 5.38. The maximum absolute atomic E-state index is 13.1. The highest BCUT2D eigenvalue weighted by molar-refractivity contribution is 7.10. The second-order valence-electron chi connectivity index (χ2n) is 7.45. The van der Waals surface area contributed by atoms with Crippen molar-refractivity contribution < 1.29 is 18.7 Å². The van der Waals surface area contributed by atoms with Gasteiger partial charge in [0.25, 0.3) is 5.91 Å². The SMILES string of the molecule is CC(=O)N1CCC(c2nc(-c3ccncc3)cs2)N(C(=O)COc2ccc(F)cc2)CC1. The Hall–Kier alpha value is -3.33. The van der Waals surface area contributed by atoms with Crippen molar-refractivity contribution in [3.8, 4) is 17.0 Å². The standard InChI is InChI=1S/C23H23FN4O3S/c1-16(29)27-11-8-21(23-26-20(15-32-23)17-6-9-25-10-7-17)28(13-12-27)22(30)14-31-19-4-2-18(24)3-5-19/h2-7,9-10,15,21H,8,11-14H2,1H3. The Bertz CT molecular complexity index is 1070. The number of rotatable bonds is 5. The van der Waals surface area contributed by atoms with Crippen LogP contribution in [0.1, 0.15) is 24.4 Å². The number of hydrogen-bond donors (Lipinski definition) is 0. The van der Waals surface area contributed by atoms with Crippen LogP contribution < -0.4 is 4.74 Å². The highest BCUT2D eigenvalue weighted by Crippen LogP contribution is 2.32. The topological polar surface area (TPSA) is 75.6 Å². The van der Waals surface area contributed by atoms with Gasteiger partial charge in [0.1, 0.15) is 16.6 Å². The Morgan fingerprint density at radius 2 is 1.88 bits per heavy atom. The molecular formula is C23H23FN4O3S. The van der Waals surface area contributed by atoms with Crippen LogP contribution in [0.3, 0.4) is 0 Å². The summed E-state index contributed by atoms with van der Waals surface area (Å²) in [7, 11) is 0. The summed E-state index contributed by atoms with van der Waals surface area (Å²) in [5.41, 5.74) is 1.79. The van der Waals surface area contributed by atoms with Gasteiger partial charge in [-0.1, -0.05) is 0 Å². The number of pyridine rings is 1. The van der Waals surface area contributed by atoms with Crippen LogP contribution in [0.5, 0.6) is 5.75 Å². The fourth-order valence-corrected chi connectivity index (χ4v) is 4.63. The molecular weight excluding hydrogens is 431 g/mol. The first-order valence-electron chi connectivity index (χ1n) is 10.3. The van der Waals surface area contributed by atoms with Crippen molar-refractivity contribution in [3.05, 3.63) is 65.0 Å². The molecule has 32 heavy (non-hydrogen) atoms. The van der Waals surface area contributed by atoms with Crippen LogP contribution in [0.15, 0.2) is 54.2 Å². The molecule has 4 rings (SSSR count). The van der Waals surface area contributed by atoms with Crippen molar-refractivity contribution in [2.45, 2.75) is 19.4 Å². The van der Waals surface area contributed by atoms with Gasteiger partial charge in [0, 0.05) is 49.9 Å². The third-order valence-corrected chi connectivity index (χ3v) is 6.33. The molecule has 0 saturated carbocycles. The lowest BCUT2D eigenvalue weighted by Gasteiger charge is -2.28. The molecule has 1 aliphatic heterocycles. The van der Waals surface area contributed by atoms with E-state index >= 15 is 0 Å². The van der Waals surface area contributed by atoms with Crippen molar-refractivity contribution >= 4 is 23.2 Å². The Morgan fingerprint density at radius 1 is 1.12 bits per heavy atom. The van der Waals surface area contributed by atoms with Crippen molar-refractivity contribution in [2.24, 2.45) is 0 Å². The van der Waals surface area contributed by atoms with Crippen molar-refractivity contribution in [3.63, 3.8) is 0 Å². The lowest BCUT2D eigenvalue weighted by atomic mass is 10.1. The van der Waals surface area contributed by atoms with Gasteiger partial charge < -0.3 is 14.5 Å². The van der Waals surface area contributed by atoms with Gasteiger partial charge in [0.2, 0.25) is 5.91 Å². The van der Waals surface area contributed by atoms with E-state index in [9.17, 15) is 14.0 Å². The number of carbonyl (C=O) groups is 2. The summed E-state index contributed by atoms with van der Waals surface area (Å²) < 4.78 is 18.7. The normalized spacial score (nSPS) is 16.5. The first-order chi connectivity index (χ1) is 15.5. The molecule has 1 fully saturated rings. The quantitative estimate of drug-likeness (QED) is 0.589. The van der Waals surface area contributed by atoms with Crippen LogP contribution in [0.25, 0.3) is 11.3 Å². The summed E-state index contributed by atoms with van der Waals surface area (Å²) in [6, 6.07) is 9.07. The number of nitrogens with zero attached hydrogens (tertiary/aromatic N) is 4. The molecule has 166 valence electrons. The average Bonchev–Trinajstić information content (AvgIpc) is 3.18. The molecule has 0 aliphatic carbocycles. The second-order valence-corrected chi connectivity index (χ2v) is 8.34. The monoisotopic (exact) mass is 454 g/mol. The maximum atomic E-state index is 13.1. The predicted octanol–water partition coefficient (Wildman–Crippen LogP) is 3.55. The third kappa shape index (κ3) is 5.11. The summed E-state index contributed by atoms with van der Waals surface area (Å²) in [4.78, 5) is 37.4. The van der Waals surface area contributed by atoms with E-state index in [1.54, 1.807) is 22.2 Å². The molecule has 1 aromatic carbocycles. The lowest BCUT2D eigenvalue weighted by molar-refractivity contribution is -0.136. The minimum atomic E-state index is -0.366. The number of hydrogen-bond acceptors (Lipinski definition) is 6. The number of benzene rings is 1. The van der Waals surface area contributed by atoms with Gasteiger partial charge in [-0.25, -0.2) is 9.37 Å². The van der Waals surface area contributed by atoms with Crippen LogP contribution in [0.2, 0.25) is 0 Å². The zero-order valence-corrected chi connectivity index (χ0v) is 18.4. The van der Waals surface area contributed by atoms with E-state index in [4.69, 9.17) is 9.72 Å². The molecule has 0 spiro atoms. The van der Waals surface area contributed by atoms with Crippen LogP contribution in [-0.4, -0.2) is 57.8 Å². The Balaban J connectivity index is 1.54. The molecule has 2 aromatic heterocycles. The van der Waals surface area contributed by atoms with E-state index in [1.807, 2.05) is 17.5 Å². The molecule has 1 unspecified atom stereocenters. The lowest BCUT2D eigenvalue weighted by Crippen LogP contribution is -2.40. The number of carbonyl (C=O) groups excluding carboxylic acids is 2. The smallest absolute Gasteiger partial charge is 0.261 e. The van der Waals surface area contributed by atoms with Crippen LogP contribution >= 0.6 is 11.3 Å². The van der Waals surface area contributed by atoms with Crippen LogP contribution in [-0.2, 0) is 9.59 Å². The summed E-state index contributed by atoms with van der Waals surface area (Å²) in [6.07, 6.45) is 4.02. The zero-order valence-electron chi connectivity index (χ0n) is 17.6. The molecule has 7 nitrogen and oxygen atoms in total. The summed E-state index contributed by atoms with van der Waals surface area (Å²) in [5, 5.41) is 2.79. The van der Waals surface area contributed by atoms with Gasteiger partial charge in [-0.05, 0) is 42.8 Å². The first kappa shape index (κ1) is 21.9. The Labute approximate surface area is 189 Å². The van der Waals surface area contributed by atoms with Gasteiger partial charge in [-0.15, -0.1) is 11.3 Å². The number of ether oxygens (including phenoxy) is 1. The van der Waals surface area contributed by atoms with Gasteiger partial charge in [-0.2, -0.15) is 0 Å². The van der Waals surface area contributed by atoms with E-state index in [2.05, 4.69) is 4.98 Å². The largest absolute Gasteiger partial charge is 0.484 e. The van der Waals surface area contributed by atoms with E-state index in [0.717, 1.165) is 16.3 Å². The number of aromatic nitrogens is 2. The summed E-state index contributed by atoms with van der Waals surface area (Å²) in [6.45, 7) is 2.75. The Kier molecular flexibility index (Phi) is 6.75. The fourth-order valence-electron chi connectivity index (χ4n) is 3.65. The molecule has 3 aromatic rings. The molecule has 0 radical (unpaired) electrons. The zero-order chi connectivity index (χ0) is 22.5. The van der Waals surface area contributed by atoms with Gasteiger partial charge in [0.05, 0.1) is 11.7 Å². The average molecular weight is 455 g/mol. The summed E-state index contributed by atoms with van der Waals surface area (Å²) >= 11 is 1.50. The fraction of sp³-hybridized carbons (Fsp3) is 0.304. The maximum Gasteiger partial charge on any atom is 0.261 e. The van der Waals surface area contributed by atoms with E-state index in [-0.39, 0.29) is 30.3 Å².